The summed E-state index contributed by atoms with van der Waals surface area (Å²) >= 11 is 0. The average Bonchev–Trinajstić information content (AvgIpc) is 3.73. The molecule has 1 heterocycles. The molecule has 0 spiro atoms. The minimum atomic E-state index is 0.891. The number of hydrogen-bond donors (Lipinski definition) is 0. The predicted molar refractivity (Wildman–Crippen MR) is 263 cm³/mol. The smallest absolute Gasteiger partial charge is 0.136 e. The van der Waals surface area contributed by atoms with Crippen molar-refractivity contribution in [2.24, 2.45) is 0 Å². The molecular weight excluding hydrogens is 751 g/mol. The molecule has 2 nitrogen and oxygen atoms in total. The molecule has 0 radical (unpaired) electrons. The standard InChI is InChI=1S/C60H39NO/c1-3-20-50-42(13-1)15-11-25-51(50)43-31-29-40(30-32-43)41-33-35-47(36-34-41)61(48-18-9-16-44(37-48)53-26-12-28-59-60(53)56-24-7-8-27-58(56)62-59)49-19-10-17-45(38-49)57-39-46-14-2-4-21-52(46)54-22-5-6-23-55(54)57/h1-39H. The Morgan fingerprint density at radius 1 is 0.258 bits per heavy atom. The number of hydrogen-bond acceptors (Lipinski definition) is 2. The van der Waals surface area contributed by atoms with Gasteiger partial charge in [-0.15, -0.1) is 0 Å². The predicted octanol–water partition coefficient (Wildman–Crippen LogP) is 17.2. The molecule has 11 aromatic carbocycles. The fraction of sp³-hybridized carbons (Fsp3) is 0. The molecule has 1 aromatic heterocycles. The molecule has 0 amide bonds. The maximum atomic E-state index is 6.33. The van der Waals surface area contributed by atoms with Gasteiger partial charge in [0.05, 0.1) is 0 Å². The van der Waals surface area contributed by atoms with Gasteiger partial charge in [0.25, 0.3) is 0 Å². The van der Waals surface area contributed by atoms with Crippen LogP contribution in [0.15, 0.2) is 241 Å². The van der Waals surface area contributed by atoms with Crippen LogP contribution in [-0.2, 0) is 0 Å². The number of rotatable bonds is 7. The summed E-state index contributed by atoms with van der Waals surface area (Å²) in [6.07, 6.45) is 0. The molecule has 0 fully saturated rings. The molecule has 0 bridgehead atoms. The molecule has 2 heteroatoms. The van der Waals surface area contributed by atoms with Gasteiger partial charge in [-0.25, -0.2) is 0 Å². The molecule has 0 aliphatic carbocycles. The molecular formula is C60H39NO. The summed E-state index contributed by atoms with van der Waals surface area (Å²) in [7, 11) is 0. The van der Waals surface area contributed by atoms with Crippen LogP contribution in [0.2, 0.25) is 0 Å². The van der Waals surface area contributed by atoms with Crippen LogP contribution in [0.1, 0.15) is 0 Å². The van der Waals surface area contributed by atoms with E-state index >= 15 is 0 Å². The van der Waals surface area contributed by atoms with Gasteiger partial charge in [-0.05, 0) is 131 Å². The Kier molecular flexibility index (Phi) is 8.53. The van der Waals surface area contributed by atoms with E-state index in [0.29, 0.717) is 0 Å². The van der Waals surface area contributed by atoms with Crippen molar-refractivity contribution in [3.05, 3.63) is 237 Å². The first-order valence-corrected chi connectivity index (χ1v) is 21.2. The monoisotopic (exact) mass is 789 g/mol. The first kappa shape index (κ1) is 35.7. The summed E-state index contributed by atoms with van der Waals surface area (Å²) < 4.78 is 6.33. The largest absolute Gasteiger partial charge is 0.456 e. The summed E-state index contributed by atoms with van der Waals surface area (Å²) in [5, 5.41) is 9.78. The third-order valence-corrected chi connectivity index (χ3v) is 12.4. The zero-order chi connectivity index (χ0) is 41.0. The third-order valence-electron chi connectivity index (χ3n) is 12.4. The lowest BCUT2D eigenvalue weighted by atomic mass is 9.93. The molecule has 0 aliphatic heterocycles. The van der Waals surface area contributed by atoms with Gasteiger partial charge >= 0.3 is 0 Å². The summed E-state index contributed by atoms with van der Waals surface area (Å²) in [5.74, 6) is 0. The van der Waals surface area contributed by atoms with Crippen LogP contribution in [-0.4, -0.2) is 0 Å². The Bertz CT molecular complexity index is 3630. The molecule has 0 N–H and O–H groups in total. The zero-order valence-electron chi connectivity index (χ0n) is 33.9. The number of fused-ring (bicyclic) bond motifs is 7. The molecule has 12 rings (SSSR count). The van der Waals surface area contributed by atoms with Gasteiger partial charge in [0.1, 0.15) is 11.2 Å². The van der Waals surface area contributed by atoms with Crippen molar-refractivity contribution in [3.63, 3.8) is 0 Å². The minimum Gasteiger partial charge on any atom is -0.456 e. The van der Waals surface area contributed by atoms with Crippen molar-refractivity contribution < 1.29 is 4.42 Å². The highest BCUT2D eigenvalue weighted by atomic mass is 16.3. The first-order chi connectivity index (χ1) is 30.7. The van der Waals surface area contributed by atoms with Crippen LogP contribution in [0, 0.1) is 0 Å². The number of para-hydroxylation sites is 1. The van der Waals surface area contributed by atoms with Crippen LogP contribution in [0.5, 0.6) is 0 Å². The molecule has 0 saturated heterocycles. The van der Waals surface area contributed by atoms with E-state index in [9.17, 15) is 0 Å². The Hall–Kier alpha value is -8.20. The minimum absolute atomic E-state index is 0.891. The fourth-order valence-electron chi connectivity index (χ4n) is 9.50. The van der Waals surface area contributed by atoms with Crippen LogP contribution in [0.25, 0.3) is 98.8 Å². The van der Waals surface area contributed by atoms with Gasteiger partial charge in [0, 0.05) is 27.8 Å². The fourth-order valence-corrected chi connectivity index (χ4v) is 9.50. The normalized spacial score (nSPS) is 11.5. The quantitative estimate of drug-likeness (QED) is 0.150. The maximum Gasteiger partial charge on any atom is 0.136 e. The topological polar surface area (TPSA) is 16.4 Å². The van der Waals surface area contributed by atoms with Gasteiger partial charge in [-0.3, -0.25) is 0 Å². The highest BCUT2D eigenvalue weighted by Crippen LogP contribution is 2.43. The summed E-state index contributed by atoms with van der Waals surface area (Å²) in [6, 6.07) is 85.5. The van der Waals surface area contributed by atoms with E-state index in [-0.39, 0.29) is 0 Å². The van der Waals surface area contributed by atoms with Crippen LogP contribution < -0.4 is 4.90 Å². The van der Waals surface area contributed by atoms with Crippen LogP contribution >= 0.6 is 0 Å². The zero-order valence-corrected chi connectivity index (χ0v) is 33.9. The van der Waals surface area contributed by atoms with E-state index in [0.717, 1.165) is 50.1 Å². The molecule has 0 saturated carbocycles. The van der Waals surface area contributed by atoms with Crippen molar-refractivity contribution in [1.29, 1.82) is 0 Å². The molecule has 0 unspecified atom stereocenters. The van der Waals surface area contributed by atoms with E-state index in [1.165, 1.54) is 65.7 Å². The van der Waals surface area contributed by atoms with Gasteiger partial charge in [0.2, 0.25) is 0 Å². The van der Waals surface area contributed by atoms with Crippen LogP contribution in [0.4, 0.5) is 17.1 Å². The molecule has 62 heavy (non-hydrogen) atoms. The second-order valence-corrected chi connectivity index (χ2v) is 16.1. The van der Waals surface area contributed by atoms with Gasteiger partial charge in [-0.1, -0.05) is 182 Å². The summed E-state index contributed by atoms with van der Waals surface area (Å²) in [4.78, 5) is 2.39. The summed E-state index contributed by atoms with van der Waals surface area (Å²) in [6.45, 7) is 0. The lowest BCUT2D eigenvalue weighted by molar-refractivity contribution is 0.669. The highest BCUT2D eigenvalue weighted by molar-refractivity contribution is 6.14. The average molecular weight is 790 g/mol. The van der Waals surface area contributed by atoms with Crippen molar-refractivity contribution in [2.45, 2.75) is 0 Å². The maximum absolute atomic E-state index is 6.33. The molecule has 0 atom stereocenters. The van der Waals surface area contributed by atoms with E-state index in [1.54, 1.807) is 0 Å². The van der Waals surface area contributed by atoms with Gasteiger partial charge in [0.15, 0.2) is 0 Å². The number of anilines is 3. The molecule has 12 aromatic rings. The number of benzene rings is 11. The second kappa shape index (κ2) is 14.8. The number of nitrogens with zero attached hydrogens (tertiary/aromatic N) is 1. The van der Waals surface area contributed by atoms with Gasteiger partial charge < -0.3 is 9.32 Å². The van der Waals surface area contributed by atoms with Gasteiger partial charge in [-0.2, -0.15) is 0 Å². The van der Waals surface area contributed by atoms with E-state index < -0.39 is 0 Å². The molecule has 290 valence electrons. The lowest BCUT2D eigenvalue weighted by Gasteiger charge is -2.27. The van der Waals surface area contributed by atoms with Crippen molar-refractivity contribution >= 4 is 71.3 Å². The van der Waals surface area contributed by atoms with Crippen molar-refractivity contribution in [1.82, 2.24) is 0 Å². The van der Waals surface area contributed by atoms with Crippen molar-refractivity contribution in [2.75, 3.05) is 4.90 Å². The highest BCUT2D eigenvalue weighted by Gasteiger charge is 2.18. The molecule has 0 aliphatic rings. The Morgan fingerprint density at radius 2 is 0.774 bits per heavy atom. The second-order valence-electron chi connectivity index (χ2n) is 16.1. The Labute approximate surface area is 360 Å². The third kappa shape index (κ3) is 6.12. The Morgan fingerprint density at radius 3 is 1.53 bits per heavy atom. The lowest BCUT2D eigenvalue weighted by Crippen LogP contribution is -2.10. The Balaban J connectivity index is 0.980. The van der Waals surface area contributed by atoms with E-state index in [4.69, 9.17) is 4.42 Å². The SMILES string of the molecule is c1cc(-c2cc3ccccc3c3ccccc23)cc(N(c2ccc(-c3ccc(-c4cccc5ccccc45)cc3)cc2)c2cccc(-c3cccc4oc5ccccc5c34)c2)c1. The van der Waals surface area contributed by atoms with Crippen LogP contribution in [0.3, 0.4) is 0 Å². The summed E-state index contributed by atoms with van der Waals surface area (Å²) in [5.41, 5.74) is 14.5. The number of furan rings is 1. The first-order valence-electron chi connectivity index (χ1n) is 21.2. The van der Waals surface area contributed by atoms with Crippen molar-refractivity contribution in [3.8, 4) is 44.5 Å². The van der Waals surface area contributed by atoms with E-state index in [2.05, 4.69) is 229 Å². The van der Waals surface area contributed by atoms with E-state index in [1.807, 2.05) is 12.1 Å².